The zero-order valence-electron chi connectivity index (χ0n) is 9.37. The van der Waals surface area contributed by atoms with Crippen LogP contribution in [-0.2, 0) is 0 Å². The topological polar surface area (TPSA) is 15.3 Å². The molecular weight excluding hydrogens is 172 g/mol. The summed E-state index contributed by atoms with van der Waals surface area (Å²) in [5, 5.41) is 3.54. The Labute approximate surface area is 87.0 Å². The third kappa shape index (κ3) is 1.31. The predicted octanol–water partition coefficient (Wildman–Crippen LogP) is 1.32. The fourth-order valence-electron chi connectivity index (χ4n) is 3.66. The maximum absolute atomic E-state index is 3.54. The Morgan fingerprint density at radius 3 is 2.86 bits per heavy atom. The molecule has 2 saturated heterocycles. The predicted molar refractivity (Wildman–Crippen MR) is 58.2 cm³/mol. The number of hydrogen-bond acceptors (Lipinski definition) is 2. The lowest BCUT2D eigenvalue weighted by Crippen LogP contribution is -2.41. The van der Waals surface area contributed by atoms with Gasteiger partial charge in [0.1, 0.15) is 0 Å². The van der Waals surface area contributed by atoms with Gasteiger partial charge in [-0.3, -0.25) is 4.90 Å². The maximum Gasteiger partial charge on any atom is 0.0264 e. The molecule has 1 N–H and O–H groups in total. The van der Waals surface area contributed by atoms with Gasteiger partial charge < -0.3 is 5.32 Å². The van der Waals surface area contributed by atoms with E-state index >= 15 is 0 Å². The van der Waals surface area contributed by atoms with Crippen LogP contribution in [0.25, 0.3) is 0 Å². The van der Waals surface area contributed by atoms with Crippen LogP contribution in [0.2, 0.25) is 0 Å². The summed E-state index contributed by atoms with van der Waals surface area (Å²) in [4.78, 5) is 2.79. The molecule has 3 aliphatic rings. The molecule has 2 nitrogen and oxygen atoms in total. The van der Waals surface area contributed by atoms with E-state index in [0.717, 1.165) is 29.8 Å². The highest BCUT2D eigenvalue weighted by molar-refractivity contribution is 5.00. The SMILES string of the molecule is CC1CC1C(C)N1CC[C@@H]2CNC[C@@H]21. The van der Waals surface area contributed by atoms with Crippen LogP contribution in [-0.4, -0.2) is 36.6 Å². The van der Waals surface area contributed by atoms with Crippen molar-refractivity contribution < 1.29 is 0 Å². The molecule has 1 aliphatic carbocycles. The number of nitrogens with zero attached hydrogens (tertiary/aromatic N) is 1. The van der Waals surface area contributed by atoms with Crippen molar-refractivity contribution in [3.63, 3.8) is 0 Å². The van der Waals surface area contributed by atoms with Crippen molar-refractivity contribution in [2.45, 2.75) is 38.8 Å². The van der Waals surface area contributed by atoms with Gasteiger partial charge in [0.15, 0.2) is 0 Å². The molecule has 0 bridgehead atoms. The van der Waals surface area contributed by atoms with E-state index in [0.29, 0.717) is 0 Å². The van der Waals surface area contributed by atoms with Crippen molar-refractivity contribution in [2.75, 3.05) is 19.6 Å². The molecular formula is C12H22N2. The lowest BCUT2D eigenvalue weighted by molar-refractivity contribution is 0.169. The number of hydrogen-bond donors (Lipinski definition) is 1. The van der Waals surface area contributed by atoms with E-state index in [1.54, 1.807) is 0 Å². The zero-order valence-corrected chi connectivity index (χ0v) is 9.37. The van der Waals surface area contributed by atoms with Gasteiger partial charge in [-0.2, -0.15) is 0 Å². The molecule has 3 fully saturated rings. The summed E-state index contributed by atoms with van der Waals surface area (Å²) in [5.74, 6) is 2.97. The molecule has 0 aromatic carbocycles. The number of likely N-dealkylation sites (tertiary alicyclic amines) is 1. The summed E-state index contributed by atoms with van der Waals surface area (Å²) in [6.45, 7) is 8.74. The first kappa shape index (κ1) is 9.17. The highest BCUT2D eigenvalue weighted by Crippen LogP contribution is 2.44. The number of nitrogens with one attached hydrogen (secondary N) is 1. The Kier molecular flexibility index (Phi) is 2.10. The van der Waals surface area contributed by atoms with Gasteiger partial charge >= 0.3 is 0 Å². The van der Waals surface area contributed by atoms with E-state index in [-0.39, 0.29) is 0 Å². The Morgan fingerprint density at radius 1 is 1.36 bits per heavy atom. The molecule has 0 spiro atoms. The summed E-state index contributed by atoms with van der Waals surface area (Å²) in [7, 11) is 0. The Morgan fingerprint density at radius 2 is 2.14 bits per heavy atom. The monoisotopic (exact) mass is 194 g/mol. The van der Waals surface area contributed by atoms with E-state index in [2.05, 4.69) is 24.1 Å². The van der Waals surface area contributed by atoms with Crippen LogP contribution in [0.1, 0.15) is 26.7 Å². The van der Waals surface area contributed by atoms with Crippen molar-refractivity contribution in [1.29, 1.82) is 0 Å². The van der Waals surface area contributed by atoms with Gasteiger partial charge in [0.25, 0.3) is 0 Å². The minimum absolute atomic E-state index is 0.847. The summed E-state index contributed by atoms with van der Waals surface area (Å²) in [6.07, 6.45) is 2.91. The summed E-state index contributed by atoms with van der Waals surface area (Å²) < 4.78 is 0. The first-order valence-electron chi connectivity index (χ1n) is 6.24. The fourth-order valence-corrected chi connectivity index (χ4v) is 3.66. The molecule has 3 rings (SSSR count). The summed E-state index contributed by atoms with van der Waals surface area (Å²) in [6, 6.07) is 1.72. The van der Waals surface area contributed by atoms with E-state index in [1.165, 1.54) is 32.5 Å². The third-order valence-electron chi connectivity index (χ3n) is 4.80. The Hall–Kier alpha value is -0.0800. The second-order valence-electron chi connectivity index (χ2n) is 5.63. The van der Waals surface area contributed by atoms with Crippen molar-refractivity contribution in [3.05, 3.63) is 0 Å². The summed E-state index contributed by atoms with van der Waals surface area (Å²) >= 11 is 0. The van der Waals surface area contributed by atoms with E-state index < -0.39 is 0 Å². The molecule has 2 heteroatoms. The molecule has 0 aromatic rings. The van der Waals surface area contributed by atoms with Crippen LogP contribution in [0.15, 0.2) is 0 Å². The van der Waals surface area contributed by atoms with Crippen molar-refractivity contribution in [2.24, 2.45) is 17.8 Å². The minimum Gasteiger partial charge on any atom is -0.315 e. The fraction of sp³-hybridized carbons (Fsp3) is 1.00. The maximum atomic E-state index is 3.54. The number of fused-ring (bicyclic) bond motifs is 1. The average molecular weight is 194 g/mol. The van der Waals surface area contributed by atoms with Crippen LogP contribution in [0.5, 0.6) is 0 Å². The molecule has 0 amide bonds. The first-order chi connectivity index (χ1) is 6.77. The van der Waals surface area contributed by atoms with E-state index in [4.69, 9.17) is 0 Å². The van der Waals surface area contributed by atoms with Crippen LogP contribution >= 0.6 is 0 Å². The average Bonchev–Trinajstić information content (AvgIpc) is 2.64. The molecule has 2 aliphatic heterocycles. The van der Waals surface area contributed by atoms with Crippen LogP contribution < -0.4 is 5.32 Å². The zero-order chi connectivity index (χ0) is 9.71. The van der Waals surface area contributed by atoms with Crippen LogP contribution in [0.4, 0.5) is 0 Å². The first-order valence-corrected chi connectivity index (χ1v) is 6.24. The van der Waals surface area contributed by atoms with Crippen LogP contribution in [0.3, 0.4) is 0 Å². The molecule has 0 aromatic heterocycles. The highest BCUT2D eigenvalue weighted by atomic mass is 15.3. The molecule has 14 heavy (non-hydrogen) atoms. The smallest absolute Gasteiger partial charge is 0.0264 e. The lowest BCUT2D eigenvalue weighted by Gasteiger charge is -2.30. The number of rotatable bonds is 2. The van der Waals surface area contributed by atoms with Crippen LogP contribution in [0, 0.1) is 17.8 Å². The van der Waals surface area contributed by atoms with Crippen molar-refractivity contribution in [3.8, 4) is 0 Å². The van der Waals surface area contributed by atoms with Gasteiger partial charge in [-0.05, 0) is 50.6 Å². The Balaban J connectivity index is 1.67. The van der Waals surface area contributed by atoms with Crippen molar-refractivity contribution >= 4 is 0 Å². The van der Waals surface area contributed by atoms with Crippen molar-refractivity contribution in [1.82, 2.24) is 10.2 Å². The standard InChI is InChI=1S/C12H22N2/c1-8-5-11(8)9(2)14-4-3-10-6-13-7-12(10)14/h8-13H,3-7H2,1-2H3/t8?,9?,10-,11?,12+/m1/s1. The molecule has 3 unspecified atom stereocenters. The van der Waals surface area contributed by atoms with E-state index in [1.807, 2.05) is 0 Å². The van der Waals surface area contributed by atoms with Gasteiger partial charge in [0, 0.05) is 18.6 Å². The van der Waals surface area contributed by atoms with E-state index in [9.17, 15) is 0 Å². The van der Waals surface area contributed by atoms with Gasteiger partial charge in [0.05, 0.1) is 0 Å². The minimum atomic E-state index is 0.847. The van der Waals surface area contributed by atoms with Gasteiger partial charge in [-0.25, -0.2) is 0 Å². The lowest BCUT2D eigenvalue weighted by atomic mass is 10.0. The van der Waals surface area contributed by atoms with Gasteiger partial charge in [0.2, 0.25) is 0 Å². The molecule has 5 atom stereocenters. The quantitative estimate of drug-likeness (QED) is 0.713. The van der Waals surface area contributed by atoms with Gasteiger partial charge in [-0.15, -0.1) is 0 Å². The second-order valence-corrected chi connectivity index (χ2v) is 5.63. The summed E-state index contributed by atoms with van der Waals surface area (Å²) in [5.41, 5.74) is 0. The third-order valence-corrected chi connectivity index (χ3v) is 4.80. The molecule has 2 heterocycles. The normalized spacial score (nSPS) is 49.3. The largest absolute Gasteiger partial charge is 0.315 e. The highest BCUT2D eigenvalue weighted by Gasteiger charge is 2.46. The molecule has 0 radical (unpaired) electrons. The Bertz CT molecular complexity index is 228. The molecule has 80 valence electrons. The second kappa shape index (κ2) is 3.21. The molecule has 1 saturated carbocycles. The van der Waals surface area contributed by atoms with Gasteiger partial charge in [-0.1, -0.05) is 6.92 Å².